The number of hydrogen-bond donors (Lipinski definition) is 1. The first-order chi connectivity index (χ1) is 10.4. The predicted molar refractivity (Wildman–Crippen MR) is 98.1 cm³/mol. The summed E-state index contributed by atoms with van der Waals surface area (Å²) >= 11 is 0. The van der Waals surface area contributed by atoms with E-state index in [4.69, 9.17) is 0 Å². The van der Waals surface area contributed by atoms with Crippen LogP contribution in [0.15, 0.2) is 0 Å². The molecular formula is C20H43NRu. The second-order valence-corrected chi connectivity index (χ2v) is 6.70. The van der Waals surface area contributed by atoms with E-state index in [0.717, 1.165) is 0 Å². The molecule has 0 saturated heterocycles. The van der Waals surface area contributed by atoms with Gasteiger partial charge in [0.25, 0.3) is 0 Å². The number of hydrogen-bond acceptors (Lipinski definition) is 1. The summed E-state index contributed by atoms with van der Waals surface area (Å²) in [7, 11) is 0. The summed E-state index contributed by atoms with van der Waals surface area (Å²) in [6.07, 6.45) is 22.8. The SMILES string of the molecule is CCCCCCCCCCNCCCCCCCCCC.[Ru]. The van der Waals surface area contributed by atoms with Gasteiger partial charge in [-0.3, -0.25) is 0 Å². The van der Waals surface area contributed by atoms with Crippen molar-refractivity contribution < 1.29 is 19.5 Å². The largest absolute Gasteiger partial charge is 0.317 e. The van der Waals surface area contributed by atoms with Crippen LogP contribution in [-0.4, -0.2) is 13.1 Å². The Bertz CT molecular complexity index is 155. The van der Waals surface area contributed by atoms with Gasteiger partial charge < -0.3 is 5.32 Å². The fourth-order valence-electron chi connectivity index (χ4n) is 2.89. The van der Waals surface area contributed by atoms with Crippen molar-refractivity contribution >= 4 is 0 Å². The van der Waals surface area contributed by atoms with Gasteiger partial charge in [0, 0.05) is 19.5 Å². The van der Waals surface area contributed by atoms with Crippen LogP contribution in [-0.2, 0) is 19.5 Å². The zero-order valence-electron chi connectivity index (χ0n) is 15.6. The van der Waals surface area contributed by atoms with Crippen LogP contribution in [0.4, 0.5) is 0 Å². The Hall–Kier alpha value is 0.583. The maximum absolute atomic E-state index is 3.61. The molecule has 136 valence electrons. The van der Waals surface area contributed by atoms with Crippen LogP contribution in [0, 0.1) is 0 Å². The fourth-order valence-corrected chi connectivity index (χ4v) is 2.89. The third kappa shape index (κ3) is 22.9. The molecule has 0 radical (unpaired) electrons. The first kappa shape index (κ1) is 24.8. The Balaban J connectivity index is 0. The second-order valence-electron chi connectivity index (χ2n) is 6.70. The minimum absolute atomic E-state index is 0. The van der Waals surface area contributed by atoms with Crippen molar-refractivity contribution in [3.63, 3.8) is 0 Å². The van der Waals surface area contributed by atoms with Crippen LogP contribution in [0.3, 0.4) is 0 Å². The van der Waals surface area contributed by atoms with Crippen LogP contribution in [0.5, 0.6) is 0 Å². The van der Waals surface area contributed by atoms with Crippen molar-refractivity contribution in [2.75, 3.05) is 13.1 Å². The molecule has 2 heteroatoms. The van der Waals surface area contributed by atoms with Gasteiger partial charge in [0.15, 0.2) is 0 Å². The molecule has 0 bridgehead atoms. The average Bonchev–Trinajstić information content (AvgIpc) is 2.50. The smallest absolute Gasteiger partial charge is 0 e. The molecule has 0 aliphatic heterocycles. The van der Waals surface area contributed by atoms with Crippen LogP contribution >= 0.6 is 0 Å². The van der Waals surface area contributed by atoms with E-state index in [1.807, 2.05) is 0 Å². The molecule has 0 amide bonds. The summed E-state index contributed by atoms with van der Waals surface area (Å²) < 4.78 is 0. The minimum Gasteiger partial charge on any atom is -0.317 e. The van der Waals surface area contributed by atoms with Crippen molar-refractivity contribution in [2.45, 2.75) is 117 Å². The van der Waals surface area contributed by atoms with E-state index in [1.54, 1.807) is 0 Å². The molecule has 0 fully saturated rings. The molecule has 0 atom stereocenters. The monoisotopic (exact) mass is 399 g/mol. The summed E-state index contributed by atoms with van der Waals surface area (Å²) in [5.41, 5.74) is 0. The molecule has 0 aliphatic rings. The van der Waals surface area contributed by atoms with E-state index < -0.39 is 0 Å². The van der Waals surface area contributed by atoms with Gasteiger partial charge in [0.05, 0.1) is 0 Å². The molecule has 1 N–H and O–H groups in total. The fraction of sp³-hybridized carbons (Fsp3) is 1.00. The molecule has 1 nitrogen and oxygen atoms in total. The normalized spacial score (nSPS) is 10.6. The van der Waals surface area contributed by atoms with Gasteiger partial charge in [0.2, 0.25) is 0 Å². The second kappa shape index (κ2) is 23.8. The third-order valence-corrected chi connectivity index (χ3v) is 4.41. The third-order valence-electron chi connectivity index (χ3n) is 4.41. The molecule has 0 unspecified atom stereocenters. The van der Waals surface area contributed by atoms with Gasteiger partial charge in [-0.1, -0.05) is 104 Å². The molecule has 0 spiro atoms. The molecule has 0 aromatic heterocycles. The van der Waals surface area contributed by atoms with Crippen molar-refractivity contribution in [2.24, 2.45) is 0 Å². The quantitative estimate of drug-likeness (QED) is 0.196. The molecule has 0 aromatic rings. The number of nitrogens with one attached hydrogen (secondary N) is 1. The molecule has 0 heterocycles. The Morgan fingerprint density at radius 1 is 0.409 bits per heavy atom. The van der Waals surface area contributed by atoms with Crippen molar-refractivity contribution in [3.8, 4) is 0 Å². The van der Waals surface area contributed by atoms with Crippen LogP contribution < -0.4 is 5.32 Å². The number of unbranched alkanes of at least 4 members (excludes halogenated alkanes) is 14. The van der Waals surface area contributed by atoms with E-state index in [0.29, 0.717) is 0 Å². The van der Waals surface area contributed by atoms with Crippen LogP contribution in [0.1, 0.15) is 117 Å². The first-order valence-electron chi connectivity index (χ1n) is 10.1. The van der Waals surface area contributed by atoms with Gasteiger partial charge in [-0.15, -0.1) is 0 Å². The summed E-state index contributed by atoms with van der Waals surface area (Å²) in [6, 6.07) is 0. The number of rotatable bonds is 18. The van der Waals surface area contributed by atoms with Gasteiger partial charge >= 0.3 is 0 Å². The van der Waals surface area contributed by atoms with E-state index in [9.17, 15) is 0 Å². The molecule has 22 heavy (non-hydrogen) atoms. The maximum Gasteiger partial charge on any atom is 0 e. The molecule has 0 aromatic carbocycles. The van der Waals surface area contributed by atoms with Gasteiger partial charge in [-0.05, 0) is 25.9 Å². The van der Waals surface area contributed by atoms with Crippen molar-refractivity contribution in [3.05, 3.63) is 0 Å². The Labute approximate surface area is 154 Å². The standard InChI is InChI=1S/C20H43N.Ru/c1-3-5-7-9-11-13-15-17-19-21-20-18-16-14-12-10-8-6-4-2;/h21H,3-20H2,1-2H3;. The van der Waals surface area contributed by atoms with E-state index in [2.05, 4.69) is 19.2 Å². The first-order valence-corrected chi connectivity index (χ1v) is 10.1. The zero-order chi connectivity index (χ0) is 15.4. The van der Waals surface area contributed by atoms with E-state index in [-0.39, 0.29) is 19.5 Å². The summed E-state index contributed by atoms with van der Waals surface area (Å²) in [4.78, 5) is 0. The Kier molecular flexibility index (Phi) is 26.9. The summed E-state index contributed by atoms with van der Waals surface area (Å²) in [6.45, 7) is 7.06. The van der Waals surface area contributed by atoms with E-state index >= 15 is 0 Å². The topological polar surface area (TPSA) is 12.0 Å². The van der Waals surface area contributed by atoms with E-state index in [1.165, 1.54) is 116 Å². The van der Waals surface area contributed by atoms with Crippen molar-refractivity contribution in [1.82, 2.24) is 5.32 Å². The minimum atomic E-state index is 0. The van der Waals surface area contributed by atoms with Crippen molar-refractivity contribution in [1.29, 1.82) is 0 Å². The molecular weight excluding hydrogens is 355 g/mol. The molecule has 0 aliphatic carbocycles. The predicted octanol–water partition coefficient (Wildman–Crippen LogP) is 6.85. The molecule has 0 saturated carbocycles. The average molecular weight is 399 g/mol. The van der Waals surface area contributed by atoms with Crippen LogP contribution in [0.2, 0.25) is 0 Å². The maximum atomic E-state index is 3.61. The summed E-state index contributed by atoms with van der Waals surface area (Å²) in [5.74, 6) is 0. The Morgan fingerprint density at radius 2 is 0.682 bits per heavy atom. The van der Waals surface area contributed by atoms with Gasteiger partial charge in [0.1, 0.15) is 0 Å². The molecule has 0 rings (SSSR count). The van der Waals surface area contributed by atoms with Crippen LogP contribution in [0.25, 0.3) is 0 Å². The van der Waals surface area contributed by atoms with Gasteiger partial charge in [-0.2, -0.15) is 0 Å². The summed E-state index contributed by atoms with van der Waals surface area (Å²) in [5, 5.41) is 3.61. The zero-order valence-corrected chi connectivity index (χ0v) is 17.3. The van der Waals surface area contributed by atoms with Gasteiger partial charge in [-0.25, -0.2) is 0 Å². The Morgan fingerprint density at radius 3 is 1.00 bits per heavy atom.